The normalized spacial score (nSPS) is 14.5. The highest BCUT2D eigenvalue weighted by Gasteiger charge is 2.35. The fourth-order valence-corrected chi connectivity index (χ4v) is 6.75. The lowest BCUT2D eigenvalue weighted by Gasteiger charge is -2.26. The van der Waals surface area contributed by atoms with Crippen LogP contribution in [0.15, 0.2) is 91.5 Å². The lowest BCUT2D eigenvalue weighted by atomic mass is 9.93. The van der Waals surface area contributed by atoms with E-state index in [9.17, 15) is 9.59 Å². The third-order valence-corrected chi connectivity index (χ3v) is 8.97. The molecule has 4 aromatic rings. The topological polar surface area (TPSA) is 79.1 Å². The van der Waals surface area contributed by atoms with E-state index in [0.717, 1.165) is 16.0 Å². The Hall–Kier alpha value is -4.04. The Kier molecular flexibility index (Phi) is 9.56. The van der Waals surface area contributed by atoms with Crippen molar-refractivity contribution < 1.29 is 19.0 Å². The lowest BCUT2D eigenvalue weighted by Crippen LogP contribution is -2.40. The summed E-state index contributed by atoms with van der Waals surface area (Å²) >= 11 is 6.39. The number of rotatable bonds is 9. The van der Waals surface area contributed by atoms with E-state index in [1.807, 2.05) is 66.9 Å². The molecule has 0 amide bonds. The van der Waals surface area contributed by atoms with Crippen LogP contribution in [0.1, 0.15) is 29.7 Å². The van der Waals surface area contributed by atoms with Gasteiger partial charge in [0.2, 0.25) is 0 Å². The maximum atomic E-state index is 14.2. The molecule has 0 N–H and O–H groups in total. The number of hydrogen-bond donors (Lipinski definition) is 0. The first-order chi connectivity index (χ1) is 20.9. The number of hydrogen-bond acceptors (Lipinski definition) is 8. The van der Waals surface area contributed by atoms with Crippen molar-refractivity contribution in [2.75, 3.05) is 26.6 Å². The average molecular weight is 676 g/mol. The molecule has 0 fully saturated rings. The van der Waals surface area contributed by atoms with Crippen molar-refractivity contribution in [2.45, 2.75) is 17.9 Å². The van der Waals surface area contributed by atoms with Gasteiger partial charge in [-0.3, -0.25) is 9.36 Å². The van der Waals surface area contributed by atoms with Crippen LogP contribution in [-0.2, 0) is 9.53 Å². The molecule has 10 heteroatoms. The largest absolute Gasteiger partial charge is 0.493 e. The second kappa shape index (κ2) is 13.5. The molecule has 7 nitrogen and oxygen atoms in total. The number of thiazole rings is 1. The molecule has 1 atom stereocenters. The molecule has 5 rings (SSSR count). The third kappa shape index (κ3) is 6.20. The van der Waals surface area contributed by atoms with Gasteiger partial charge in [-0.25, -0.2) is 9.79 Å². The van der Waals surface area contributed by atoms with Gasteiger partial charge in [-0.1, -0.05) is 59.7 Å². The van der Waals surface area contributed by atoms with Crippen LogP contribution in [0.4, 0.5) is 0 Å². The van der Waals surface area contributed by atoms with Gasteiger partial charge >= 0.3 is 5.97 Å². The van der Waals surface area contributed by atoms with Crippen molar-refractivity contribution in [1.29, 1.82) is 0 Å². The minimum atomic E-state index is -0.746. The van der Waals surface area contributed by atoms with Gasteiger partial charge in [0.1, 0.15) is 6.61 Å². The average Bonchev–Trinajstić information content (AvgIpc) is 3.34. The van der Waals surface area contributed by atoms with Crippen molar-refractivity contribution in [1.82, 2.24) is 4.57 Å². The predicted molar refractivity (Wildman–Crippen MR) is 174 cm³/mol. The number of carbonyl (C=O) groups excluding carboxylic acids is 1. The number of ether oxygens (including phenoxy) is 3. The number of thioether (sulfide) groups is 1. The van der Waals surface area contributed by atoms with Gasteiger partial charge in [0.05, 0.1) is 40.0 Å². The van der Waals surface area contributed by atoms with Gasteiger partial charge in [0, 0.05) is 10.5 Å². The summed E-state index contributed by atoms with van der Waals surface area (Å²) in [4.78, 5) is 34.2. The monoisotopic (exact) mass is 674 g/mol. The summed E-state index contributed by atoms with van der Waals surface area (Å²) in [6.07, 6.45) is 9.13. The second-order valence-electron chi connectivity index (χ2n) is 9.23. The number of esters is 1. The lowest BCUT2D eigenvalue weighted by molar-refractivity contribution is -0.138. The Morgan fingerprint density at radius 2 is 1.93 bits per heavy atom. The molecule has 0 aliphatic carbocycles. The molecule has 0 unspecified atom stereocenters. The zero-order chi connectivity index (χ0) is 30.5. The molecule has 0 spiro atoms. The number of halogens is 1. The molecule has 0 saturated carbocycles. The van der Waals surface area contributed by atoms with Gasteiger partial charge in [-0.05, 0) is 70.6 Å². The number of aromatic nitrogens is 1. The summed E-state index contributed by atoms with van der Waals surface area (Å²) in [6, 6.07) is 20.2. The quantitative estimate of drug-likeness (QED) is 0.134. The number of carbonyl (C=O) groups is 1. The summed E-state index contributed by atoms with van der Waals surface area (Å²) in [5, 5.41) is 0. The summed E-state index contributed by atoms with van der Waals surface area (Å²) < 4.78 is 19.4. The number of methoxy groups -OCH3 is 1. The maximum Gasteiger partial charge on any atom is 0.338 e. The molecule has 1 aliphatic rings. The molecule has 218 valence electrons. The van der Waals surface area contributed by atoms with Crippen molar-refractivity contribution >= 4 is 56.8 Å². The van der Waals surface area contributed by atoms with Gasteiger partial charge in [0.25, 0.3) is 5.56 Å². The zero-order valence-corrected chi connectivity index (χ0v) is 26.8. The Labute approximate surface area is 265 Å². The smallest absolute Gasteiger partial charge is 0.338 e. The van der Waals surface area contributed by atoms with Gasteiger partial charge in [0.15, 0.2) is 16.3 Å². The van der Waals surface area contributed by atoms with E-state index in [-0.39, 0.29) is 18.8 Å². The molecule has 43 heavy (non-hydrogen) atoms. The Morgan fingerprint density at radius 3 is 2.58 bits per heavy atom. The Balaban J connectivity index is 1.77. The Bertz CT molecular complexity index is 1920. The maximum absolute atomic E-state index is 14.2. The number of terminal acetylenes is 1. The molecule has 2 heterocycles. The van der Waals surface area contributed by atoms with Crippen molar-refractivity contribution in [3.05, 3.63) is 113 Å². The van der Waals surface area contributed by atoms with Crippen LogP contribution in [-0.4, -0.2) is 37.1 Å². The predicted octanol–water partition coefficient (Wildman–Crippen LogP) is 5.44. The zero-order valence-electron chi connectivity index (χ0n) is 23.6. The van der Waals surface area contributed by atoms with Gasteiger partial charge < -0.3 is 14.2 Å². The van der Waals surface area contributed by atoms with Crippen LogP contribution in [0.5, 0.6) is 11.5 Å². The van der Waals surface area contributed by atoms with Gasteiger partial charge in [-0.15, -0.1) is 18.2 Å². The second-order valence-corrected chi connectivity index (χ2v) is 12.0. The fraction of sp³-hybridized carbons (Fsp3) is 0.182. The van der Waals surface area contributed by atoms with E-state index in [4.69, 9.17) is 25.6 Å². The highest BCUT2D eigenvalue weighted by molar-refractivity contribution is 9.10. The van der Waals surface area contributed by atoms with E-state index < -0.39 is 12.0 Å². The first-order valence-electron chi connectivity index (χ1n) is 13.3. The number of fused-ring (bicyclic) bond motifs is 1. The minimum Gasteiger partial charge on any atom is -0.493 e. The molecule has 1 aromatic heterocycles. The van der Waals surface area contributed by atoms with Crippen LogP contribution >= 0.6 is 39.0 Å². The molecule has 0 bridgehead atoms. The minimum absolute atomic E-state index is 0.0807. The van der Waals surface area contributed by atoms with E-state index >= 15 is 0 Å². The van der Waals surface area contributed by atoms with Crippen LogP contribution in [0, 0.1) is 12.3 Å². The van der Waals surface area contributed by atoms with Crippen molar-refractivity contribution in [2.24, 2.45) is 4.99 Å². The first-order valence-corrected chi connectivity index (χ1v) is 16.1. The Morgan fingerprint density at radius 1 is 1.19 bits per heavy atom. The van der Waals surface area contributed by atoms with E-state index in [1.165, 1.54) is 18.4 Å². The summed E-state index contributed by atoms with van der Waals surface area (Å²) in [5.41, 5.74) is 2.74. The molecule has 3 aromatic carbocycles. The SMILES string of the molecule is C#CCOc1c(Br)cc(/C=c2\sc3n(c2=O)[C@H](c2ccc(SC)cc2)C(C(=O)OCC)=C(c2ccccc2)N=3)cc1OC. The number of nitrogens with zero attached hydrogens (tertiary/aromatic N) is 2. The van der Waals surface area contributed by atoms with E-state index in [2.05, 4.69) is 21.9 Å². The molecule has 0 saturated heterocycles. The first kappa shape index (κ1) is 30.4. The molecular weight excluding hydrogens is 648 g/mol. The van der Waals surface area contributed by atoms with Crippen molar-refractivity contribution in [3.8, 4) is 23.8 Å². The molecule has 0 radical (unpaired) electrons. The van der Waals surface area contributed by atoms with E-state index in [1.54, 1.807) is 35.4 Å². The van der Waals surface area contributed by atoms with E-state index in [0.29, 0.717) is 42.1 Å². The summed E-state index contributed by atoms with van der Waals surface area (Å²) in [7, 11) is 1.53. The summed E-state index contributed by atoms with van der Waals surface area (Å²) in [5.74, 6) is 2.86. The molecular formula is C33H27BrN2O5S2. The standard InChI is InChI=1S/C33H27BrN2O5S2/c1-5-16-41-30-24(34)17-20(18-25(30)39-3)19-26-31(37)36-29(22-12-14-23(42-4)15-13-22)27(32(38)40-6-2)28(35-33(36)43-26)21-10-8-7-9-11-21/h1,7-15,17-19,29H,6,16H2,2-4H3/b26-19-/t29-/m1/s1. The van der Waals surface area contributed by atoms with Crippen LogP contribution < -0.4 is 24.4 Å². The number of benzene rings is 3. The van der Waals surface area contributed by atoms with Crippen molar-refractivity contribution in [3.63, 3.8) is 0 Å². The third-order valence-electron chi connectivity index (χ3n) is 6.65. The summed E-state index contributed by atoms with van der Waals surface area (Å²) in [6.45, 7) is 2.02. The van der Waals surface area contributed by atoms with Crippen LogP contribution in [0.2, 0.25) is 0 Å². The highest BCUT2D eigenvalue weighted by Crippen LogP contribution is 2.38. The fourth-order valence-electron chi connectivity index (χ4n) is 4.77. The van der Waals surface area contributed by atoms with Gasteiger partial charge in [-0.2, -0.15) is 0 Å². The highest BCUT2D eigenvalue weighted by atomic mass is 79.9. The molecule has 1 aliphatic heterocycles. The van der Waals surface area contributed by atoms with Crippen LogP contribution in [0.3, 0.4) is 0 Å². The van der Waals surface area contributed by atoms with Crippen LogP contribution in [0.25, 0.3) is 11.8 Å².